The standard InChI is InChI=1S/C20H21ClN2O4S/c21-15-10-14(11-16-19(15)27-8-1-7-26-16)20(25)22-5-2-18(24)23-6-3-17-13(12-23)4-9-28-17/h4,9-11H,1-3,5-8,12H2,(H,22,25). The minimum atomic E-state index is -0.288. The Kier molecular flexibility index (Phi) is 5.73. The summed E-state index contributed by atoms with van der Waals surface area (Å²) in [5.41, 5.74) is 1.62. The Morgan fingerprint density at radius 3 is 3.00 bits per heavy atom. The van der Waals surface area contributed by atoms with Crippen LogP contribution in [0, 0.1) is 0 Å². The van der Waals surface area contributed by atoms with Gasteiger partial charge in [0.2, 0.25) is 5.91 Å². The smallest absolute Gasteiger partial charge is 0.251 e. The second-order valence-electron chi connectivity index (χ2n) is 6.78. The molecule has 2 aliphatic rings. The van der Waals surface area contributed by atoms with Gasteiger partial charge in [-0.05, 0) is 35.6 Å². The maximum Gasteiger partial charge on any atom is 0.251 e. The van der Waals surface area contributed by atoms with Crippen LogP contribution in [0.15, 0.2) is 23.6 Å². The van der Waals surface area contributed by atoms with E-state index in [1.165, 1.54) is 10.4 Å². The molecule has 0 radical (unpaired) electrons. The van der Waals surface area contributed by atoms with E-state index in [0.29, 0.717) is 41.8 Å². The molecule has 6 nitrogen and oxygen atoms in total. The van der Waals surface area contributed by atoms with Crippen LogP contribution in [-0.2, 0) is 17.8 Å². The number of thiophene rings is 1. The van der Waals surface area contributed by atoms with Crippen molar-refractivity contribution in [3.05, 3.63) is 44.6 Å². The lowest BCUT2D eigenvalue weighted by Crippen LogP contribution is -2.37. The maximum absolute atomic E-state index is 12.5. The molecule has 0 spiro atoms. The molecule has 28 heavy (non-hydrogen) atoms. The second-order valence-corrected chi connectivity index (χ2v) is 8.18. The number of halogens is 1. The summed E-state index contributed by atoms with van der Waals surface area (Å²) in [6.07, 6.45) is 1.93. The number of nitrogens with zero attached hydrogens (tertiary/aromatic N) is 1. The summed E-state index contributed by atoms with van der Waals surface area (Å²) in [7, 11) is 0. The molecule has 8 heteroatoms. The van der Waals surface area contributed by atoms with Crippen molar-refractivity contribution >= 4 is 34.8 Å². The van der Waals surface area contributed by atoms with Crippen molar-refractivity contribution in [1.29, 1.82) is 0 Å². The molecular formula is C20H21ClN2O4S. The summed E-state index contributed by atoms with van der Waals surface area (Å²) < 4.78 is 11.2. The number of nitrogens with one attached hydrogen (secondary N) is 1. The Morgan fingerprint density at radius 2 is 2.11 bits per heavy atom. The van der Waals surface area contributed by atoms with Crippen molar-refractivity contribution in [3.63, 3.8) is 0 Å². The lowest BCUT2D eigenvalue weighted by atomic mass is 10.1. The third kappa shape index (κ3) is 4.10. The molecular weight excluding hydrogens is 400 g/mol. The number of ether oxygens (including phenoxy) is 2. The summed E-state index contributed by atoms with van der Waals surface area (Å²) in [5.74, 6) is 0.716. The third-order valence-corrected chi connectivity index (χ3v) is 6.15. The van der Waals surface area contributed by atoms with Crippen molar-refractivity contribution in [1.82, 2.24) is 10.2 Å². The van der Waals surface area contributed by atoms with Crippen LogP contribution in [0.4, 0.5) is 0 Å². The van der Waals surface area contributed by atoms with Gasteiger partial charge >= 0.3 is 0 Å². The molecule has 3 heterocycles. The number of amides is 2. The van der Waals surface area contributed by atoms with Gasteiger partial charge in [0.1, 0.15) is 0 Å². The van der Waals surface area contributed by atoms with Crippen LogP contribution < -0.4 is 14.8 Å². The van der Waals surface area contributed by atoms with Crippen LogP contribution in [0.1, 0.15) is 33.6 Å². The summed E-state index contributed by atoms with van der Waals surface area (Å²) in [5, 5.41) is 5.21. The lowest BCUT2D eigenvalue weighted by molar-refractivity contribution is -0.131. The number of fused-ring (bicyclic) bond motifs is 2. The summed E-state index contributed by atoms with van der Waals surface area (Å²) in [6.45, 7) is 2.71. The Labute approximate surface area is 172 Å². The molecule has 0 saturated carbocycles. The average molecular weight is 421 g/mol. The van der Waals surface area contributed by atoms with Gasteiger partial charge in [0.25, 0.3) is 5.91 Å². The minimum absolute atomic E-state index is 0.0499. The van der Waals surface area contributed by atoms with Gasteiger partial charge in [-0.2, -0.15) is 0 Å². The highest BCUT2D eigenvalue weighted by molar-refractivity contribution is 7.10. The molecule has 2 aromatic rings. The van der Waals surface area contributed by atoms with Gasteiger partial charge in [-0.3, -0.25) is 9.59 Å². The van der Waals surface area contributed by atoms with Crippen LogP contribution in [0.5, 0.6) is 11.5 Å². The van der Waals surface area contributed by atoms with Crippen LogP contribution in [0.3, 0.4) is 0 Å². The van der Waals surface area contributed by atoms with Crippen LogP contribution in [-0.4, -0.2) is 43.0 Å². The highest BCUT2D eigenvalue weighted by Crippen LogP contribution is 2.38. The van der Waals surface area contributed by atoms with E-state index < -0.39 is 0 Å². The van der Waals surface area contributed by atoms with Crippen molar-refractivity contribution in [3.8, 4) is 11.5 Å². The van der Waals surface area contributed by atoms with E-state index in [4.69, 9.17) is 21.1 Å². The Morgan fingerprint density at radius 1 is 1.25 bits per heavy atom. The first kappa shape index (κ1) is 19.1. The number of carbonyl (C=O) groups is 2. The van der Waals surface area contributed by atoms with Crippen molar-refractivity contribution in [2.75, 3.05) is 26.3 Å². The summed E-state index contributed by atoms with van der Waals surface area (Å²) >= 11 is 7.98. The number of benzene rings is 1. The van der Waals surface area contributed by atoms with E-state index in [1.807, 2.05) is 4.90 Å². The maximum atomic E-state index is 12.5. The molecule has 148 valence electrons. The Bertz CT molecular complexity index is 898. The third-order valence-electron chi connectivity index (χ3n) is 4.85. The van der Waals surface area contributed by atoms with Gasteiger partial charge in [0.05, 0.1) is 18.2 Å². The Hall–Kier alpha value is -2.25. The predicted molar refractivity (Wildman–Crippen MR) is 107 cm³/mol. The summed E-state index contributed by atoms with van der Waals surface area (Å²) in [6, 6.07) is 5.27. The minimum Gasteiger partial charge on any atom is -0.489 e. The van der Waals surface area contributed by atoms with E-state index in [9.17, 15) is 9.59 Å². The molecule has 0 atom stereocenters. The number of hydrogen-bond donors (Lipinski definition) is 1. The fraction of sp³-hybridized carbons (Fsp3) is 0.400. The fourth-order valence-electron chi connectivity index (χ4n) is 3.37. The first-order valence-electron chi connectivity index (χ1n) is 9.32. The van der Waals surface area contributed by atoms with E-state index in [-0.39, 0.29) is 24.8 Å². The first-order valence-corrected chi connectivity index (χ1v) is 10.6. The SMILES string of the molecule is O=C(NCCC(=O)N1CCc2sccc2C1)c1cc(Cl)c2c(c1)OCCCO2. The van der Waals surface area contributed by atoms with Gasteiger partial charge in [0.15, 0.2) is 11.5 Å². The highest BCUT2D eigenvalue weighted by Gasteiger charge is 2.22. The molecule has 2 aliphatic heterocycles. The van der Waals surface area contributed by atoms with Gasteiger partial charge in [-0.15, -0.1) is 11.3 Å². The van der Waals surface area contributed by atoms with Gasteiger partial charge < -0.3 is 19.7 Å². The fourth-order valence-corrected chi connectivity index (χ4v) is 4.52. The van der Waals surface area contributed by atoms with Crippen molar-refractivity contribution < 1.29 is 19.1 Å². The van der Waals surface area contributed by atoms with Crippen LogP contribution in [0.2, 0.25) is 5.02 Å². The largest absolute Gasteiger partial charge is 0.489 e. The van der Waals surface area contributed by atoms with Gasteiger partial charge in [-0.1, -0.05) is 11.6 Å². The number of carbonyl (C=O) groups excluding carboxylic acids is 2. The van der Waals surface area contributed by atoms with E-state index in [1.54, 1.807) is 23.5 Å². The quantitative estimate of drug-likeness (QED) is 0.824. The molecule has 0 saturated heterocycles. The molecule has 1 aromatic carbocycles. The Balaban J connectivity index is 1.32. The van der Waals surface area contributed by atoms with E-state index in [0.717, 1.165) is 19.4 Å². The zero-order chi connectivity index (χ0) is 19.5. The summed E-state index contributed by atoms with van der Waals surface area (Å²) in [4.78, 5) is 28.1. The van der Waals surface area contributed by atoms with Gasteiger partial charge in [-0.25, -0.2) is 0 Å². The first-order chi connectivity index (χ1) is 13.6. The van der Waals surface area contributed by atoms with Crippen LogP contribution in [0.25, 0.3) is 0 Å². The molecule has 2 amide bonds. The number of rotatable bonds is 4. The molecule has 0 aliphatic carbocycles. The monoisotopic (exact) mass is 420 g/mol. The molecule has 0 unspecified atom stereocenters. The lowest BCUT2D eigenvalue weighted by Gasteiger charge is -2.27. The number of hydrogen-bond acceptors (Lipinski definition) is 5. The molecule has 1 aromatic heterocycles. The van der Waals surface area contributed by atoms with E-state index in [2.05, 4.69) is 16.8 Å². The normalized spacial score (nSPS) is 15.5. The molecule has 0 fully saturated rings. The molecule has 0 bridgehead atoms. The van der Waals surface area contributed by atoms with Crippen molar-refractivity contribution in [2.24, 2.45) is 0 Å². The zero-order valence-corrected chi connectivity index (χ0v) is 16.9. The second kappa shape index (κ2) is 8.41. The topological polar surface area (TPSA) is 67.9 Å². The van der Waals surface area contributed by atoms with Crippen molar-refractivity contribution in [2.45, 2.75) is 25.8 Å². The predicted octanol–water partition coefficient (Wildman–Crippen LogP) is 3.27. The average Bonchev–Trinajstić information content (AvgIpc) is 3.03. The van der Waals surface area contributed by atoms with E-state index >= 15 is 0 Å². The zero-order valence-electron chi connectivity index (χ0n) is 15.3. The molecule has 4 rings (SSSR count). The van der Waals surface area contributed by atoms with Crippen LogP contribution >= 0.6 is 22.9 Å². The highest BCUT2D eigenvalue weighted by atomic mass is 35.5. The molecule has 1 N–H and O–H groups in total. The van der Waals surface area contributed by atoms with Gasteiger partial charge in [0, 0.05) is 42.9 Å².